The number of ketones is 1. The van der Waals surface area contributed by atoms with Crippen LogP contribution in [0.15, 0.2) is 18.3 Å². The lowest BCUT2D eigenvalue weighted by Gasteiger charge is -2.06. The van der Waals surface area contributed by atoms with Gasteiger partial charge in [0.05, 0.1) is 17.2 Å². The molecule has 5 nitrogen and oxygen atoms in total. The Bertz CT molecular complexity index is 600. The smallest absolute Gasteiger partial charge is 0.423 e. The highest BCUT2D eigenvalue weighted by Gasteiger charge is 2.17. The van der Waals surface area contributed by atoms with Crippen molar-refractivity contribution in [2.24, 2.45) is 0 Å². The van der Waals surface area contributed by atoms with Crippen LogP contribution in [0.5, 0.6) is 0 Å². The lowest BCUT2D eigenvalue weighted by molar-refractivity contribution is 0.101. The van der Waals surface area contributed by atoms with Gasteiger partial charge in [0.15, 0.2) is 5.78 Å². The second-order valence-corrected chi connectivity index (χ2v) is 3.91. The molecule has 0 fully saturated rings. The first kappa shape index (κ1) is 15.3. The first-order chi connectivity index (χ1) is 8.99. The number of benzene rings is 1. The van der Waals surface area contributed by atoms with Gasteiger partial charge in [0.25, 0.3) is 0 Å². The molecule has 0 radical (unpaired) electrons. The highest BCUT2D eigenvalue weighted by Crippen LogP contribution is 2.11. The van der Waals surface area contributed by atoms with Gasteiger partial charge in [-0.3, -0.25) is 9.78 Å². The van der Waals surface area contributed by atoms with Crippen LogP contribution in [0.3, 0.4) is 0 Å². The number of carbonyl (C=O) groups is 1. The minimum Gasteiger partial charge on any atom is -0.423 e. The zero-order chi connectivity index (χ0) is 14.6. The predicted octanol–water partition coefficient (Wildman–Crippen LogP) is 0.847. The zero-order valence-corrected chi connectivity index (χ0v) is 11.5. The predicted molar refractivity (Wildman–Crippen MR) is 75.5 cm³/mol. The minimum atomic E-state index is -1.60. The molecule has 0 saturated carbocycles. The molecule has 1 aromatic heterocycles. The molecule has 2 N–H and O–H groups in total. The second kappa shape index (κ2) is 6.40. The molecule has 1 heterocycles. The van der Waals surface area contributed by atoms with Gasteiger partial charge in [-0.15, -0.1) is 0 Å². The molecule has 0 aliphatic carbocycles. The molecule has 0 aliphatic heterocycles. The average molecular weight is 260 g/mol. The van der Waals surface area contributed by atoms with Crippen molar-refractivity contribution in [1.82, 2.24) is 9.97 Å². The SMILES string of the molecule is CC.CC(=O)c1cnc2c(B(O)O)cc(C)cc2n1. The highest BCUT2D eigenvalue weighted by atomic mass is 16.4. The van der Waals surface area contributed by atoms with Crippen molar-refractivity contribution < 1.29 is 14.8 Å². The van der Waals surface area contributed by atoms with E-state index in [0.717, 1.165) is 5.56 Å². The van der Waals surface area contributed by atoms with Crippen LogP contribution in [-0.2, 0) is 0 Å². The average Bonchev–Trinajstić information content (AvgIpc) is 2.39. The number of aromatic nitrogens is 2. The van der Waals surface area contributed by atoms with Crippen LogP contribution in [0, 0.1) is 6.92 Å². The molecule has 0 unspecified atom stereocenters. The van der Waals surface area contributed by atoms with E-state index < -0.39 is 7.12 Å². The van der Waals surface area contributed by atoms with Crippen molar-refractivity contribution in [3.63, 3.8) is 0 Å². The van der Waals surface area contributed by atoms with Crippen molar-refractivity contribution >= 4 is 29.4 Å². The molecule has 1 aromatic carbocycles. The van der Waals surface area contributed by atoms with E-state index in [0.29, 0.717) is 16.5 Å². The molecule has 0 spiro atoms. The fraction of sp³-hybridized carbons (Fsp3) is 0.308. The lowest BCUT2D eigenvalue weighted by Crippen LogP contribution is -2.31. The zero-order valence-electron chi connectivity index (χ0n) is 11.5. The summed E-state index contributed by atoms with van der Waals surface area (Å²) in [5, 5.41) is 18.5. The summed E-state index contributed by atoms with van der Waals surface area (Å²) in [6, 6.07) is 3.38. The van der Waals surface area contributed by atoms with Crippen LogP contribution in [0.2, 0.25) is 0 Å². The first-order valence-corrected chi connectivity index (χ1v) is 6.13. The second-order valence-electron chi connectivity index (χ2n) is 3.91. The fourth-order valence-corrected chi connectivity index (χ4v) is 1.66. The number of carbonyl (C=O) groups excluding carboxylic acids is 1. The van der Waals surface area contributed by atoms with Crippen LogP contribution < -0.4 is 5.46 Å². The Labute approximate surface area is 112 Å². The van der Waals surface area contributed by atoms with Gasteiger partial charge in [0.2, 0.25) is 0 Å². The van der Waals surface area contributed by atoms with Gasteiger partial charge in [-0.05, 0) is 18.6 Å². The maximum Gasteiger partial charge on any atom is 0.490 e. The van der Waals surface area contributed by atoms with E-state index in [2.05, 4.69) is 9.97 Å². The Morgan fingerprint density at radius 3 is 2.42 bits per heavy atom. The third-order valence-electron chi connectivity index (χ3n) is 2.46. The molecule has 0 bridgehead atoms. The Hall–Kier alpha value is -1.79. The van der Waals surface area contributed by atoms with E-state index in [-0.39, 0.29) is 11.5 Å². The van der Waals surface area contributed by atoms with Gasteiger partial charge >= 0.3 is 7.12 Å². The number of hydrogen-bond acceptors (Lipinski definition) is 5. The van der Waals surface area contributed by atoms with Gasteiger partial charge < -0.3 is 10.0 Å². The maximum absolute atomic E-state index is 11.2. The molecule has 6 heteroatoms. The summed E-state index contributed by atoms with van der Waals surface area (Å²) in [5.74, 6) is -0.174. The topological polar surface area (TPSA) is 83.3 Å². The number of aryl methyl sites for hydroxylation is 1. The molecule has 19 heavy (non-hydrogen) atoms. The van der Waals surface area contributed by atoms with E-state index in [1.165, 1.54) is 13.1 Å². The van der Waals surface area contributed by atoms with Crippen molar-refractivity contribution in [3.05, 3.63) is 29.6 Å². The van der Waals surface area contributed by atoms with Crippen LogP contribution in [0.4, 0.5) is 0 Å². The monoisotopic (exact) mass is 260 g/mol. The molecule has 2 rings (SSSR count). The van der Waals surface area contributed by atoms with Crippen LogP contribution in [-0.4, -0.2) is 32.9 Å². The van der Waals surface area contributed by atoms with Crippen molar-refractivity contribution in [2.45, 2.75) is 27.7 Å². The third-order valence-corrected chi connectivity index (χ3v) is 2.46. The van der Waals surface area contributed by atoms with Gasteiger partial charge in [-0.2, -0.15) is 0 Å². The number of hydrogen-bond donors (Lipinski definition) is 2. The summed E-state index contributed by atoms with van der Waals surface area (Å²) in [5.41, 5.74) is 2.27. The molecular formula is C13H17BN2O3. The summed E-state index contributed by atoms with van der Waals surface area (Å²) in [6.45, 7) is 7.22. The standard InChI is InChI=1S/C11H11BN2O3.C2H6/c1-6-3-8(12(16)17)11-9(4-6)14-10(5-13-11)7(2)15;1-2/h3-5,16-17H,1-2H3;1-2H3. The van der Waals surface area contributed by atoms with Crippen molar-refractivity contribution in [1.29, 1.82) is 0 Å². The largest absolute Gasteiger partial charge is 0.490 e. The Balaban J connectivity index is 0.000000861. The van der Waals surface area contributed by atoms with Crippen LogP contribution in [0.1, 0.15) is 36.8 Å². The summed E-state index contributed by atoms with van der Waals surface area (Å²) in [7, 11) is -1.60. The van der Waals surface area contributed by atoms with E-state index in [1.807, 2.05) is 20.8 Å². The van der Waals surface area contributed by atoms with E-state index in [4.69, 9.17) is 0 Å². The van der Waals surface area contributed by atoms with E-state index >= 15 is 0 Å². The number of rotatable bonds is 2. The first-order valence-electron chi connectivity index (χ1n) is 6.13. The van der Waals surface area contributed by atoms with E-state index in [9.17, 15) is 14.8 Å². The third kappa shape index (κ3) is 3.36. The highest BCUT2D eigenvalue weighted by molar-refractivity contribution is 6.61. The van der Waals surface area contributed by atoms with Crippen molar-refractivity contribution in [3.8, 4) is 0 Å². The van der Waals surface area contributed by atoms with Gasteiger partial charge in [0, 0.05) is 12.4 Å². The summed E-state index contributed by atoms with van der Waals surface area (Å²) < 4.78 is 0. The molecular weight excluding hydrogens is 243 g/mol. The number of fused-ring (bicyclic) bond motifs is 1. The molecule has 0 atom stereocenters. The molecule has 100 valence electrons. The minimum absolute atomic E-state index is 0.174. The van der Waals surface area contributed by atoms with Crippen LogP contribution >= 0.6 is 0 Å². The Kier molecular flexibility index (Phi) is 5.15. The Morgan fingerprint density at radius 1 is 1.26 bits per heavy atom. The molecule has 0 amide bonds. The maximum atomic E-state index is 11.2. The number of Topliss-reactive ketones (excluding diaryl/α,β-unsaturated/α-hetero) is 1. The summed E-state index contributed by atoms with van der Waals surface area (Å²) in [4.78, 5) is 19.4. The summed E-state index contributed by atoms with van der Waals surface area (Å²) in [6.07, 6.45) is 1.34. The Morgan fingerprint density at radius 2 is 1.89 bits per heavy atom. The normalized spacial score (nSPS) is 9.79. The molecule has 0 aliphatic rings. The lowest BCUT2D eigenvalue weighted by atomic mass is 9.78. The van der Waals surface area contributed by atoms with Crippen molar-refractivity contribution in [2.75, 3.05) is 0 Å². The molecule has 0 saturated heterocycles. The van der Waals surface area contributed by atoms with Gasteiger partial charge in [-0.1, -0.05) is 19.9 Å². The van der Waals surface area contributed by atoms with Gasteiger partial charge in [-0.25, -0.2) is 4.98 Å². The summed E-state index contributed by atoms with van der Waals surface area (Å²) >= 11 is 0. The fourth-order valence-electron chi connectivity index (χ4n) is 1.66. The van der Waals surface area contributed by atoms with Gasteiger partial charge in [0.1, 0.15) is 5.69 Å². The van der Waals surface area contributed by atoms with Crippen LogP contribution in [0.25, 0.3) is 11.0 Å². The molecule has 2 aromatic rings. The van der Waals surface area contributed by atoms with E-state index in [1.54, 1.807) is 12.1 Å². The quantitative estimate of drug-likeness (QED) is 0.617. The number of nitrogens with zero attached hydrogens (tertiary/aromatic N) is 2.